The van der Waals surface area contributed by atoms with E-state index in [2.05, 4.69) is 0 Å². The fraction of sp³-hybridized carbons (Fsp3) is 0.462. The Morgan fingerprint density at radius 2 is 2.05 bits per heavy atom. The second-order valence-electron chi connectivity index (χ2n) is 5.34. The highest BCUT2D eigenvalue weighted by Crippen LogP contribution is 2.31. The van der Waals surface area contributed by atoms with Crippen LogP contribution in [0.3, 0.4) is 0 Å². The monoisotopic (exact) mass is 335 g/mol. The molecule has 0 radical (unpaired) electrons. The minimum Gasteiger partial charge on any atom is -0.478 e. The van der Waals surface area contributed by atoms with Crippen LogP contribution in [0.2, 0.25) is 5.02 Å². The lowest BCUT2D eigenvalue weighted by molar-refractivity contribution is 0.0696. The van der Waals surface area contributed by atoms with Crippen molar-refractivity contribution >= 4 is 27.6 Å². The molecule has 116 valence electrons. The van der Waals surface area contributed by atoms with Gasteiger partial charge in [0.15, 0.2) is 0 Å². The van der Waals surface area contributed by atoms with Gasteiger partial charge < -0.3 is 5.11 Å². The molecule has 1 heterocycles. The fourth-order valence-electron chi connectivity index (χ4n) is 2.60. The van der Waals surface area contributed by atoms with Crippen LogP contribution in [-0.4, -0.2) is 36.4 Å². The van der Waals surface area contributed by atoms with Crippen molar-refractivity contribution in [3.05, 3.63) is 28.5 Å². The number of sulfonamides is 1. The van der Waals surface area contributed by atoms with E-state index in [1.807, 2.05) is 6.92 Å². The molecule has 0 aliphatic carbocycles. The molecule has 21 heavy (non-hydrogen) atoms. The van der Waals surface area contributed by atoms with Crippen LogP contribution in [-0.2, 0) is 10.0 Å². The number of halogens is 2. The van der Waals surface area contributed by atoms with E-state index in [0.29, 0.717) is 13.0 Å². The molecule has 0 bridgehead atoms. The van der Waals surface area contributed by atoms with Gasteiger partial charge in [-0.3, -0.25) is 0 Å². The van der Waals surface area contributed by atoms with Crippen molar-refractivity contribution < 1.29 is 22.7 Å². The number of carboxylic acids is 1. The Hall–Kier alpha value is -1.18. The van der Waals surface area contributed by atoms with E-state index in [9.17, 15) is 17.6 Å². The first-order chi connectivity index (χ1) is 9.64. The van der Waals surface area contributed by atoms with Crippen molar-refractivity contribution in [2.24, 2.45) is 5.92 Å². The molecule has 0 spiro atoms. The molecule has 1 saturated heterocycles. The zero-order chi connectivity index (χ0) is 15.9. The lowest BCUT2D eigenvalue weighted by atomic mass is 10.1. The highest BCUT2D eigenvalue weighted by Gasteiger charge is 2.37. The van der Waals surface area contributed by atoms with Gasteiger partial charge in [-0.25, -0.2) is 17.6 Å². The van der Waals surface area contributed by atoms with Gasteiger partial charge in [-0.05, 0) is 31.4 Å². The molecule has 1 aliphatic rings. The quantitative estimate of drug-likeness (QED) is 0.921. The summed E-state index contributed by atoms with van der Waals surface area (Å²) in [5.74, 6) is -2.33. The van der Waals surface area contributed by atoms with Crippen molar-refractivity contribution in [1.29, 1.82) is 0 Å². The van der Waals surface area contributed by atoms with Crippen LogP contribution < -0.4 is 0 Å². The average Bonchev–Trinajstić information content (AvgIpc) is 2.71. The van der Waals surface area contributed by atoms with Gasteiger partial charge in [0.25, 0.3) is 0 Å². The van der Waals surface area contributed by atoms with Crippen molar-refractivity contribution in [2.45, 2.75) is 31.2 Å². The maximum absolute atomic E-state index is 13.7. The molecule has 1 aromatic rings. The standard InChI is InChI=1S/C13H15ClFNO4S/c1-7-3-8(2)16(6-7)21(19,20)9-4-10(13(17)18)12(14)11(15)5-9/h4-5,7-8H,3,6H2,1-2H3,(H,17,18). The molecule has 1 fully saturated rings. The molecule has 1 N–H and O–H groups in total. The second-order valence-corrected chi connectivity index (χ2v) is 7.60. The van der Waals surface area contributed by atoms with Gasteiger partial charge in [0.2, 0.25) is 10.0 Å². The molecular formula is C13H15ClFNO4S. The Balaban J connectivity index is 2.53. The normalized spacial score (nSPS) is 23.4. The third-order valence-electron chi connectivity index (χ3n) is 3.57. The summed E-state index contributed by atoms with van der Waals surface area (Å²) >= 11 is 5.56. The number of carboxylic acid groups (broad SMARTS) is 1. The molecule has 5 nitrogen and oxygen atoms in total. The molecule has 2 atom stereocenters. The van der Waals surface area contributed by atoms with Gasteiger partial charge in [0.1, 0.15) is 5.82 Å². The van der Waals surface area contributed by atoms with E-state index >= 15 is 0 Å². The Kier molecular flexibility index (Phi) is 4.28. The zero-order valence-corrected chi connectivity index (χ0v) is 13.1. The third-order valence-corrected chi connectivity index (χ3v) is 5.91. The van der Waals surface area contributed by atoms with Crippen molar-refractivity contribution in [1.82, 2.24) is 4.31 Å². The molecule has 8 heteroatoms. The van der Waals surface area contributed by atoms with Crippen LogP contribution in [0, 0.1) is 11.7 Å². The molecule has 1 aromatic carbocycles. The minimum absolute atomic E-state index is 0.200. The van der Waals surface area contributed by atoms with Crippen LogP contribution in [0.15, 0.2) is 17.0 Å². The number of benzene rings is 1. The highest BCUT2D eigenvalue weighted by atomic mass is 35.5. The smallest absolute Gasteiger partial charge is 0.337 e. The molecular weight excluding hydrogens is 321 g/mol. The van der Waals surface area contributed by atoms with E-state index in [1.165, 1.54) is 4.31 Å². The lowest BCUT2D eigenvalue weighted by Crippen LogP contribution is -2.34. The average molecular weight is 336 g/mol. The molecule has 0 saturated carbocycles. The summed E-state index contributed by atoms with van der Waals surface area (Å²) in [5, 5.41) is 8.39. The first-order valence-corrected chi connectivity index (χ1v) is 8.20. The number of hydrogen-bond acceptors (Lipinski definition) is 3. The maximum Gasteiger partial charge on any atom is 0.337 e. The van der Waals surface area contributed by atoms with Gasteiger partial charge in [-0.1, -0.05) is 18.5 Å². The molecule has 0 aromatic heterocycles. The number of rotatable bonds is 3. The van der Waals surface area contributed by atoms with Crippen LogP contribution in [0.4, 0.5) is 4.39 Å². The third kappa shape index (κ3) is 2.90. The number of nitrogens with zero attached hydrogens (tertiary/aromatic N) is 1. The minimum atomic E-state index is -3.94. The Labute approximate surface area is 127 Å². The van der Waals surface area contributed by atoms with Gasteiger partial charge >= 0.3 is 5.97 Å². The molecule has 0 amide bonds. The van der Waals surface area contributed by atoms with E-state index < -0.39 is 32.4 Å². The van der Waals surface area contributed by atoms with Crippen LogP contribution in [0.5, 0.6) is 0 Å². The Morgan fingerprint density at radius 1 is 1.43 bits per heavy atom. The van der Waals surface area contributed by atoms with Gasteiger partial charge in [-0.2, -0.15) is 4.31 Å². The fourth-order valence-corrected chi connectivity index (χ4v) is 4.59. The van der Waals surface area contributed by atoms with E-state index in [0.717, 1.165) is 12.1 Å². The number of carbonyl (C=O) groups is 1. The molecule has 1 aliphatic heterocycles. The zero-order valence-electron chi connectivity index (χ0n) is 11.5. The topological polar surface area (TPSA) is 74.7 Å². The Bertz CT molecular complexity index is 692. The summed E-state index contributed by atoms with van der Waals surface area (Å²) in [6.07, 6.45) is 0.709. The largest absolute Gasteiger partial charge is 0.478 e. The van der Waals surface area contributed by atoms with Crippen LogP contribution in [0.25, 0.3) is 0 Å². The first kappa shape index (κ1) is 16.2. The maximum atomic E-state index is 13.7. The van der Waals surface area contributed by atoms with Gasteiger partial charge in [-0.15, -0.1) is 0 Å². The first-order valence-electron chi connectivity index (χ1n) is 6.38. The van der Waals surface area contributed by atoms with E-state index in [1.54, 1.807) is 6.92 Å². The summed E-state index contributed by atoms with van der Waals surface area (Å²) in [5.41, 5.74) is -0.560. The summed E-state index contributed by atoms with van der Waals surface area (Å²) in [7, 11) is -3.94. The second kappa shape index (κ2) is 5.55. The van der Waals surface area contributed by atoms with Crippen molar-refractivity contribution in [2.75, 3.05) is 6.54 Å². The summed E-state index contributed by atoms with van der Waals surface area (Å²) in [4.78, 5) is 10.6. The van der Waals surface area contributed by atoms with Gasteiger partial charge in [0.05, 0.1) is 15.5 Å². The van der Waals surface area contributed by atoms with Crippen molar-refractivity contribution in [3.63, 3.8) is 0 Å². The van der Waals surface area contributed by atoms with E-state index in [4.69, 9.17) is 16.7 Å². The molecule has 2 unspecified atom stereocenters. The number of aromatic carboxylic acids is 1. The number of hydrogen-bond donors (Lipinski definition) is 1. The molecule has 2 rings (SSSR count). The Morgan fingerprint density at radius 3 is 2.52 bits per heavy atom. The van der Waals surface area contributed by atoms with Crippen LogP contribution in [0.1, 0.15) is 30.6 Å². The lowest BCUT2D eigenvalue weighted by Gasteiger charge is -2.21. The summed E-state index contributed by atoms with van der Waals surface area (Å²) in [6, 6.07) is 1.45. The van der Waals surface area contributed by atoms with Crippen LogP contribution >= 0.6 is 11.6 Å². The van der Waals surface area contributed by atoms with E-state index in [-0.39, 0.29) is 16.9 Å². The summed E-state index contributed by atoms with van der Waals surface area (Å²) in [6.45, 7) is 4.03. The SMILES string of the molecule is CC1CC(C)N(S(=O)(=O)c2cc(F)c(Cl)c(C(=O)O)c2)C1. The predicted molar refractivity (Wildman–Crippen MR) is 75.5 cm³/mol. The predicted octanol–water partition coefficient (Wildman–Crippen LogP) is 2.60. The highest BCUT2D eigenvalue weighted by molar-refractivity contribution is 7.89. The van der Waals surface area contributed by atoms with Gasteiger partial charge in [0, 0.05) is 12.6 Å². The summed E-state index contributed by atoms with van der Waals surface area (Å²) < 4.78 is 40.1. The van der Waals surface area contributed by atoms with Crippen molar-refractivity contribution in [3.8, 4) is 0 Å².